The van der Waals surface area contributed by atoms with E-state index in [2.05, 4.69) is 25.9 Å². The highest BCUT2D eigenvalue weighted by atomic mass is 15.2. The van der Waals surface area contributed by atoms with Crippen molar-refractivity contribution < 1.29 is 0 Å². The van der Waals surface area contributed by atoms with Crippen LogP contribution in [0.3, 0.4) is 0 Å². The van der Waals surface area contributed by atoms with Crippen molar-refractivity contribution in [1.29, 1.82) is 0 Å². The number of imidazole rings is 1. The molecule has 3 rings (SSSR count). The number of aryl methyl sites for hydroxylation is 1. The third kappa shape index (κ3) is 1.46. The molecule has 2 aromatic heterocycles. The van der Waals surface area contributed by atoms with Crippen LogP contribution in [0.2, 0.25) is 0 Å². The lowest BCUT2D eigenvalue weighted by molar-refractivity contribution is 0.942. The first-order chi connectivity index (χ1) is 7.33. The first-order valence-electron chi connectivity index (χ1n) is 5.41. The van der Waals surface area contributed by atoms with Gasteiger partial charge in [0.05, 0.1) is 0 Å². The summed E-state index contributed by atoms with van der Waals surface area (Å²) in [6.45, 7) is 4.22. The minimum atomic E-state index is 0.900. The molecule has 0 amide bonds. The molecule has 2 aromatic rings. The maximum absolute atomic E-state index is 4.59. The second kappa shape index (κ2) is 3.22. The first-order valence-corrected chi connectivity index (χ1v) is 5.41. The summed E-state index contributed by atoms with van der Waals surface area (Å²) in [6, 6.07) is 4.10. The van der Waals surface area contributed by atoms with Crippen LogP contribution < -0.4 is 4.90 Å². The van der Waals surface area contributed by atoms with Crippen molar-refractivity contribution in [2.75, 3.05) is 18.0 Å². The molecule has 4 nitrogen and oxygen atoms in total. The Bertz CT molecular complexity index is 482. The average Bonchev–Trinajstić information content (AvgIpc) is 2.82. The van der Waals surface area contributed by atoms with Crippen molar-refractivity contribution >= 4 is 17.0 Å². The van der Waals surface area contributed by atoms with Gasteiger partial charge in [0.15, 0.2) is 5.65 Å². The fourth-order valence-corrected chi connectivity index (χ4v) is 2.13. The number of aromatic nitrogens is 3. The SMILES string of the molecule is Cc1nc2ccc(N3CCCC3)nc2[nH]1. The number of aromatic amines is 1. The molecule has 0 aliphatic carbocycles. The highest BCUT2D eigenvalue weighted by Crippen LogP contribution is 2.20. The number of H-pyrrole nitrogens is 1. The van der Waals surface area contributed by atoms with Crippen molar-refractivity contribution in [3.63, 3.8) is 0 Å². The predicted octanol–water partition coefficient (Wildman–Crippen LogP) is 1.87. The summed E-state index contributed by atoms with van der Waals surface area (Å²) in [6.07, 6.45) is 2.56. The van der Waals surface area contributed by atoms with Gasteiger partial charge in [-0.2, -0.15) is 0 Å². The van der Waals surface area contributed by atoms with Gasteiger partial charge in [-0.05, 0) is 31.9 Å². The standard InChI is InChI=1S/C11H14N4/c1-8-12-9-4-5-10(14-11(9)13-8)15-6-2-3-7-15/h4-5H,2-3,6-7H2,1H3,(H,12,13,14). The zero-order valence-electron chi connectivity index (χ0n) is 8.82. The molecule has 1 saturated heterocycles. The lowest BCUT2D eigenvalue weighted by Crippen LogP contribution is -2.18. The number of rotatable bonds is 1. The highest BCUT2D eigenvalue weighted by Gasteiger charge is 2.14. The van der Waals surface area contributed by atoms with Crippen LogP contribution in [-0.4, -0.2) is 28.0 Å². The lowest BCUT2D eigenvalue weighted by Gasteiger charge is -2.15. The van der Waals surface area contributed by atoms with Gasteiger partial charge in [-0.1, -0.05) is 0 Å². The number of hydrogen-bond donors (Lipinski definition) is 1. The number of pyridine rings is 1. The smallest absolute Gasteiger partial charge is 0.159 e. The maximum Gasteiger partial charge on any atom is 0.159 e. The van der Waals surface area contributed by atoms with Crippen LogP contribution in [0.5, 0.6) is 0 Å². The molecule has 0 aromatic carbocycles. The van der Waals surface area contributed by atoms with Gasteiger partial charge in [0.2, 0.25) is 0 Å². The Morgan fingerprint density at radius 3 is 2.80 bits per heavy atom. The van der Waals surface area contributed by atoms with E-state index in [1.54, 1.807) is 0 Å². The molecule has 3 heterocycles. The molecule has 15 heavy (non-hydrogen) atoms. The average molecular weight is 202 g/mol. The van der Waals surface area contributed by atoms with Gasteiger partial charge in [0.25, 0.3) is 0 Å². The van der Waals surface area contributed by atoms with E-state index in [0.717, 1.165) is 35.9 Å². The summed E-state index contributed by atoms with van der Waals surface area (Å²) in [4.78, 5) is 14.4. The van der Waals surface area contributed by atoms with Gasteiger partial charge in [0, 0.05) is 13.1 Å². The molecule has 0 spiro atoms. The third-order valence-electron chi connectivity index (χ3n) is 2.88. The zero-order valence-corrected chi connectivity index (χ0v) is 8.82. The summed E-state index contributed by atoms with van der Waals surface area (Å²) < 4.78 is 0. The molecule has 1 aliphatic rings. The van der Waals surface area contributed by atoms with Crippen LogP contribution in [-0.2, 0) is 0 Å². The van der Waals surface area contributed by atoms with Gasteiger partial charge < -0.3 is 9.88 Å². The van der Waals surface area contributed by atoms with E-state index in [1.165, 1.54) is 12.8 Å². The van der Waals surface area contributed by atoms with Crippen molar-refractivity contribution in [2.24, 2.45) is 0 Å². The van der Waals surface area contributed by atoms with Crippen LogP contribution in [0.4, 0.5) is 5.82 Å². The topological polar surface area (TPSA) is 44.8 Å². The zero-order chi connectivity index (χ0) is 10.3. The van der Waals surface area contributed by atoms with Crippen molar-refractivity contribution in [3.8, 4) is 0 Å². The van der Waals surface area contributed by atoms with Gasteiger partial charge >= 0.3 is 0 Å². The summed E-state index contributed by atoms with van der Waals surface area (Å²) in [5, 5.41) is 0. The van der Waals surface area contributed by atoms with Crippen LogP contribution in [0.25, 0.3) is 11.2 Å². The molecule has 4 heteroatoms. The van der Waals surface area contributed by atoms with Gasteiger partial charge in [0.1, 0.15) is 17.2 Å². The largest absolute Gasteiger partial charge is 0.357 e. The number of anilines is 1. The Balaban J connectivity index is 2.04. The Morgan fingerprint density at radius 1 is 1.20 bits per heavy atom. The summed E-state index contributed by atoms with van der Waals surface area (Å²) >= 11 is 0. The van der Waals surface area contributed by atoms with E-state index in [4.69, 9.17) is 0 Å². The molecule has 0 unspecified atom stereocenters. The predicted molar refractivity (Wildman–Crippen MR) is 60.1 cm³/mol. The van der Waals surface area contributed by atoms with E-state index in [-0.39, 0.29) is 0 Å². The number of nitrogens with one attached hydrogen (secondary N) is 1. The third-order valence-corrected chi connectivity index (χ3v) is 2.88. The van der Waals surface area contributed by atoms with Crippen LogP contribution in [0.15, 0.2) is 12.1 Å². The molecule has 1 aliphatic heterocycles. The second-order valence-corrected chi connectivity index (χ2v) is 4.05. The number of nitrogens with zero attached hydrogens (tertiary/aromatic N) is 3. The lowest BCUT2D eigenvalue weighted by atomic mass is 10.4. The van der Waals surface area contributed by atoms with Crippen LogP contribution in [0, 0.1) is 6.92 Å². The molecule has 1 N–H and O–H groups in total. The van der Waals surface area contributed by atoms with Crippen LogP contribution in [0.1, 0.15) is 18.7 Å². The van der Waals surface area contributed by atoms with Crippen molar-refractivity contribution in [1.82, 2.24) is 15.0 Å². The van der Waals surface area contributed by atoms with Gasteiger partial charge in [-0.25, -0.2) is 9.97 Å². The molecule has 0 radical (unpaired) electrons. The summed E-state index contributed by atoms with van der Waals surface area (Å²) in [5.74, 6) is 2.00. The van der Waals surface area contributed by atoms with E-state index in [9.17, 15) is 0 Å². The normalized spacial score (nSPS) is 16.5. The first kappa shape index (κ1) is 8.71. The molecular formula is C11H14N4. The fraction of sp³-hybridized carbons (Fsp3) is 0.455. The quantitative estimate of drug-likeness (QED) is 0.767. The molecule has 0 bridgehead atoms. The van der Waals surface area contributed by atoms with E-state index >= 15 is 0 Å². The molecular weight excluding hydrogens is 188 g/mol. The Hall–Kier alpha value is -1.58. The van der Waals surface area contributed by atoms with Gasteiger partial charge in [-0.15, -0.1) is 0 Å². The number of hydrogen-bond acceptors (Lipinski definition) is 3. The number of fused-ring (bicyclic) bond motifs is 1. The van der Waals surface area contributed by atoms with Crippen molar-refractivity contribution in [3.05, 3.63) is 18.0 Å². The molecule has 1 fully saturated rings. The monoisotopic (exact) mass is 202 g/mol. The van der Waals surface area contributed by atoms with E-state index < -0.39 is 0 Å². The minimum Gasteiger partial charge on any atom is -0.357 e. The summed E-state index contributed by atoms with van der Waals surface area (Å²) in [5.41, 5.74) is 1.85. The Labute approximate surface area is 88.3 Å². The maximum atomic E-state index is 4.59. The van der Waals surface area contributed by atoms with E-state index in [0.29, 0.717) is 0 Å². The van der Waals surface area contributed by atoms with Crippen molar-refractivity contribution in [2.45, 2.75) is 19.8 Å². The second-order valence-electron chi connectivity index (χ2n) is 4.05. The van der Waals surface area contributed by atoms with Crippen LogP contribution >= 0.6 is 0 Å². The molecule has 78 valence electrons. The van der Waals surface area contributed by atoms with E-state index in [1.807, 2.05) is 13.0 Å². The summed E-state index contributed by atoms with van der Waals surface area (Å²) in [7, 11) is 0. The fourth-order valence-electron chi connectivity index (χ4n) is 2.13. The minimum absolute atomic E-state index is 0.900. The van der Waals surface area contributed by atoms with Gasteiger partial charge in [-0.3, -0.25) is 0 Å². The Kier molecular flexibility index (Phi) is 1.87. The molecule has 0 saturated carbocycles. The highest BCUT2D eigenvalue weighted by molar-refractivity contribution is 5.73. The molecule has 0 atom stereocenters. The Morgan fingerprint density at radius 2 is 2.00 bits per heavy atom.